The lowest BCUT2D eigenvalue weighted by atomic mass is 10.1. The van der Waals surface area contributed by atoms with E-state index in [0.29, 0.717) is 46.6 Å². The van der Waals surface area contributed by atoms with Crippen LogP contribution in [0.25, 0.3) is 28.2 Å². The van der Waals surface area contributed by atoms with Gasteiger partial charge in [-0.15, -0.1) is 0 Å². The van der Waals surface area contributed by atoms with Gasteiger partial charge in [0.15, 0.2) is 11.5 Å². The molecule has 0 unspecified atom stereocenters. The topological polar surface area (TPSA) is 83.8 Å². The third-order valence-corrected chi connectivity index (χ3v) is 5.52. The van der Waals surface area contributed by atoms with E-state index in [1.54, 1.807) is 41.8 Å². The SMILES string of the molecule is COc1ccc(-c2cc3c(=O)n(Cc4nc(-c5ccccc5)oc4C)ccn3n2)cc1OC. The van der Waals surface area contributed by atoms with E-state index in [4.69, 9.17) is 13.9 Å². The number of rotatable bonds is 6. The van der Waals surface area contributed by atoms with Gasteiger partial charge in [0.05, 0.1) is 26.5 Å². The maximum atomic E-state index is 13.2. The summed E-state index contributed by atoms with van der Waals surface area (Å²) in [7, 11) is 3.17. The number of fused-ring (bicyclic) bond motifs is 1. The van der Waals surface area contributed by atoms with E-state index in [2.05, 4.69) is 10.1 Å². The van der Waals surface area contributed by atoms with Gasteiger partial charge in [0.1, 0.15) is 17.0 Å². The van der Waals surface area contributed by atoms with Crippen LogP contribution in [-0.4, -0.2) is 33.4 Å². The second-order valence-corrected chi connectivity index (χ2v) is 7.55. The Morgan fingerprint density at radius 2 is 1.73 bits per heavy atom. The molecule has 2 aromatic carbocycles. The van der Waals surface area contributed by atoms with Gasteiger partial charge in [0.25, 0.3) is 5.56 Å². The van der Waals surface area contributed by atoms with Crippen LogP contribution in [0.1, 0.15) is 11.5 Å². The zero-order chi connectivity index (χ0) is 22.9. The Morgan fingerprint density at radius 1 is 0.939 bits per heavy atom. The predicted molar refractivity (Wildman–Crippen MR) is 124 cm³/mol. The third kappa shape index (κ3) is 3.76. The summed E-state index contributed by atoms with van der Waals surface area (Å²) in [6, 6.07) is 17.0. The van der Waals surface area contributed by atoms with Gasteiger partial charge in [0.2, 0.25) is 5.89 Å². The minimum Gasteiger partial charge on any atom is -0.493 e. The van der Waals surface area contributed by atoms with Crippen molar-refractivity contribution in [3.63, 3.8) is 0 Å². The fraction of sp³-hybridized carbons (Fsp3) is 0.160. The van der Waals surface area contributed by atoms with Gasteiger partial charge in [-0.3, -0.25) is 4.79 Å². The summed E-state index contributed by atoms with van der Waals surface area (Å²) < 4.78 is 19.7. The molecule has 0 fully saturated rings. The van der Waals surface area contributed by atoms with Gasteiger partial charge in [-0.05, 0) is 43.3 Å². The van der Waals surface area contributed by atoms with Crippen molar-refractivity contribution in [2.24, 2.45) is 0 Å². The molecule has 8 nitrogen and oxygen atoms in total. The molecule has 0 atom stereocenters. The Bertz CT molecular complexity index is 1500. The van der Waals surface area contributed by atoms with Crippen molar-refractivity contribution in [1.82, 2.24) is 19.2 Å². The smallest absolute Gasteiger partial charge is 0.276 e. The molecule has 0 aliphatic carbocycles. The minimum absolute atomic E-state index is 0.166. The summed E-state index contributed by atoms with van der Waals surface area (Å²) in [5, 5.41) is 4.56. The highest BCUT2D eigenvalue weighted by Crippen LogP contribution is 2.32. The molecule has 0 saturated heterocycles. The average molecular weight is 442 g/mol. The minimum atomic E-state index is -0.166. The van der Waals surface area contributed by atoms with E-state index in [1.165, 1.54) is 0 Å². The molecule has 33 heavy (non-hydrogen) atoms. The lowest BCUT2D eigenvalue weighted by molar-refractivity contribution is 0.355. The fourth-order valence-corrected chi connectivity index (χ4v) is 3.73. The number of aromatic nitrogens is 4. The van der Waals surface area contributed by atoms with Crippen LogP contribution in [0.5, 0.6) is 11.5 Å². The Labute approximate surface area is 189 Å². The number of hydrogen-bond donors (Lipinski definition) is 0. The van der Waals surface area contributed by atoms with Crippen molar-refractivity contribution in [2.45, 2.75) is 13.5 Å². The Hall–Kier alpha value is -4.33. The first-order valence-electron chi connectivity index (χ1n) is 10.4. The van der Waals surface area contributed by atoms with Crippen LogP contribution in [0.4, 0.5) is 0 Å². The molecule has 3 heterocycles. The van der Waals surface area contributed by atoms with Crippen LogP contribution in [0.3, 0.4) is 0 Å². The van der Waals surface area contributed by atoms with E-state index in [9.17, 15) is 4.79 Å². The fourth-order valence-electron chi connectivity index (χ4n) is 3.73. The molecule has 8 heteroatoms. The first-order chi connectivity index (χ1) is 16.1. The molecule has 0 aliphatic heterocycles. The summed E-state index contributed by atoms with van der Waals surface area (Å²) in [4.78, 5) is 17.8. The highest BCUT2D eigenvalue weighted by molar-refractivity contribution is 5.68. The van der Waals surface area contributed by atoms with Crippen molar-refractivity contribution in [3.8, 4) is 34.2 Å². The van der Waals surface area contributed by atoms with Crippen LogP contribution in [-0.2, 0) is 6.54 Å². The van der Waals surface area contributed by atoms with Crippen LogP contribution in [0.2, 0.25) is 0 Å². The average Bonchev–Trinajstić information content (AvgIpc) is 3.45. The lowest BCUT2D eigenvalue weighted by Crippen LogP contribution is -2.22. The molecule has 5 aromatic rings. The quantitative estimate of drug-likeness (QED) is 0.392. The lowest BCUT2D eigenvalue weighted by Gasteiger charge is -2.08. The molecular formula is C25H22N4O4. The van der Waals surface area contributed by atoms with Gasteiger partial charge in [0, 0.05) is 23.5 Å². The normalized spacial score (nSPS) is 11.1. The second kappa shape index (κ2) is 8.31. The van der Waals surface area contributed by atoms with Gasteiger partial charge in [-0.25, -0.2) is 9.50 Å². The molecule has 0 saturated carbocycles. The van der Waals surface area contributed by atoms with Gasteiger partial charge >= 0.3 is 0 Å². The first-order valence-corrected chi connectivity index (χ1v) is 10.4. The largest absolute Gasteiger partial charge is 0.493 e. The van der Waals surface area contributed by atoms with E-state index in [1.807, 2.05) is 55.5 Å². The molecule has 3 aromatic heterocycles. The number of hydrogen-bond acceptors (Lipinski definition) is 6. The monoisotopic (exact) mass is 442 g/mol. The van der Waals surface area contributed by atoms with Crippen LogP contribution in [0.15, 0.2) is 76.2 Å². The van der Waals surface area contributed by atoms with Gasteiger partial charge in [-0.2, -0.15) is 5.10 Å². The Kier molecular flexibility index (Phi) is 5.18. The molecule has 5 rings (SSSR count). The van der Waals surface area contributed by atoms with Crippen molar-refractivity contribution in [1.29, 1.82) is 0 Å². The van der Waals surface area contributed by atoms with Gasteiger partial charge < -0.3 is 18.5 Å². The van der Waals surface area contributed by atoms with Crippen molar-refractivity contribution in [3.05, 3.63) is 88.8 Å². The number of oxazole rings is 1. The summed E-state index contributed by atoms with van der Waals surface area (Å²) in [6.45, 7) is 2.15. The molecule has 0 bridgehead atoms. The highest BCUT2D eigenvalue weighted by atomic mass is 16.5. The zero-order valence-corrected chi connectivity index (χ0v) is 18.5. The summed E-state index contributed by atoms with van der Waals surface area (Å²) in [5.41, 5.74) is 3.38. The third-order valence-electron chi connectivity index (χ3n) is 5.52. The molecule has 0 N–H and O–H groups in total. The number of nitrogens with zero attached hydrogens (tertiary/aromatic N) is 4. The maximum absolute atomic E-state index is 13.2. The molecule has 0 spiro atoms. The predicted octanol–water partition coefficient (Wildman–Crippen LogP) is 4.19. The number of ether oxygens (including phenoxy) is 2. The zero-order valence-electron chi connectivity index (χ0n) is 18.5. The van der Waals surface area contributed by atoms with Crippen LogP contribution in [0, 0.1) is 6.92 Å². The summed E-state index contributed by atoms with van der Waals surface area (Å²) in [5.74, 6) is 2.45. The molecule has 0 amide bonds. The number of benzene rings is 2. The number of aryl methyl sites for hydroxylation is 1. The molecule has 166 valence electrons. The summed E-state index contributed by atoms with van der Waals surface area (Å²) >= 11 is 0. The Morgan fingerprint density at radius 3 is 2.48 bits per heavy atom. The molecule has 0 radical (unpaired) electrons. The molecular weight excluding hydrogens is 420 g/mol. The standard InChI is InChI=1S/C25H22N4O4/c1-16-20(26-24(33-16)17-7-5-4-6-8-17)15-28-11-12-29-21(25(28)30)14-19(27-29)18-9-10-22(31-2)23(13-18)32-3/h4-14H,15H2,1-3H3. The van der Waals surface area contributed by atoms with Gasteiger partial charge in [-0.1, -0.05) is 18.2 Å². The first kappa shape index (κ1) is 20.6. The van der Waals surface area contributed by atoms with Crippen molar-refractivity contribution >= 4 is 5.52 Å². The van der Waals surface area contributed by atoms with Crippen molar-refractivity contribution in [2.75, 3.05) is 14.2 Å². The summed E-state index contributed by atoms with van der Waals surface area (Å²) in [6.07, 6.45) is 3.46. The maximum Gasteiger partial charge on any atom is 0.276 e. The highest BCUT2D eigenvalue weighted by Gasteiger charge is 2.15. The second-order valence-electron chi connectivity index (χ2n) is 7.55. The van der Waals surface area contributed by atoms with E-state index >= 15 is 0 Å². The van der Waals surface area contributed by atoms with E-state index in [-0.39, 0.29) is 5.56 Å². The molecule has 0 aliphatic rings. The van der Waals surface area contributed by atoms with E-state index in [0.717, 1.165) is 11.1 Å². The van der Waals surface area contributed by atoms with Crippen LogP contribution < -0.4 is 15.0 Å². The number of methoxy groups -OCH3 is 2. The van der Waals surface area contributed by atoms with E-state index < -0.39 is 0 Å². The van der Waals surface area contributed by atoms with Crippen LogP contribution >= 0.6 is 0 Å². The van der Waals surface area contributed by atoms with Crippen molar-refractivity contribution < 1.29 is 13.9 Å². The Balaban J connectivity index is 1.49.